The molecule has 0 spiro atoms. The van der Waals surface area contributed by atoms with Crippen LogP contribution in [0.4, 0.5) is 0 Å². The Bertz CT molecular complexity index is 1420. The van der Waals surface area contributed by atoms with Gasteiger partial charge in [-0.3, -0.25) is 14.6 Å². The number of nitrogens with zero attached hydrogens (tertiary/aromatic N) is 2. The minimum atomic E-state index is -3.93. The van der Waals surface area contributed by atoms with E-state index in [0.717, 1.165) is 16.7 Å². The molecule has 0 radical (unpaired) electrons. The van der Waals surface area contributed by atoms with Crippen molar-refractivity contribution in [3.05, 3.63) is 89.4 Å². The number of rotatable bonds is 4. The number of benzene rings is 2. The molecule has 4 aromatic rings. The number of amides is 1. The van der Waals surface area contributed by atoms with Gasteiger partial charge in [0.05, 0.1) is 10.6 Å². The quantitative estimate of drug-likeness (QED) is 0.439. The number of nitrogens with one attached hydrogen (secondary N) is 2. The average Bonchev–Trinajstić information content (AvgIpc) is 3.28. The molecule has 0 fully saturated rings. The summed E-state index contributed by atoms with van der Waals surface area (Å²) in [5.74, 6) is -0.580. The monoisotopic (exact) mass is 418 g/mol. The summed E-state index contributed by atoms with van der Waals surface area (Å²) in [5, 5.41) is 0. The van der Waals surface area contributed by atoms with Gasteiger partial charge in [0.2, 0.25) is 0 Å². The molecule has 2 aromatic heterocycles. The predicted molar refractivity (Wildman–Crippen MR) is 112 cm³/mol. The minimum absolute atomic E-state index is 0.101. The van der Waals surface area contributed by atoms with E-state index in [1.54, 1.807) is 41.8 Å². The van der Waals surface area contributed by atoms with Crippen LogP contribution in [0, 0.1) is 6.92 Å². The van der Waals surface area contributed by atoms with Gasteiger partial charge in [0.1, 0.15) is 11.3 Å². The number of fused-ring (bicyclic) bond motifs is 4. The zero-order valence-corrected chi connectivity index (χ0v) is 16.9. The molecule has 5 rings (SSSR count). The summed E-state index contributed by atoms with van der Waals surface area (Å²) < 4.78 is 27.2. The number of carbonyl (C=O) groups excluding carboxylic acids is 1. The number of hydrogen-bond acceptors (Lipinski definition) is 4. The number of imidazole rings is 1. The molecular weight excluding hydrogens is 400 g/mol. The van der Waals surface area contributed by atoms with Crippen LogP contribution in [0.15, 0.2) is 71.8 Å². The molecule has 1 amide bonds. The van der Waals surface area contributed by atoms with Crippen molar-refractivity contribution in [1.82, 2.24) is 19.6 Å². The fourth-order valence-corrected chi connectivity index (χ4v) is 4.80. The van der Waals surface area contributed by atoms with E-state index in [4.69, 9.17) is 0 Å². The molecule has 150 valence electrons. The van der Waals surface area contributed by atoms with Gasteiger partial charge in [-0.2, -0.15) is 0 Å². The first-order valence-electron chi connectivity index (χ1n) is 9.41. The van der Waals surface area contributed by atoms with Gasteiger partial charge < -0.3 is 0 Å². The van der Waals surface area contributed by atoms with Crippen molar-refractivity contribution >= 4 is 21.6 Å². The first-order chi connectivity index (χ1) is 14.4. The molecule has 0 unspecified atom stereocenters. The Kier molecular flexibility index (Phi) is 4.19. The second kappa shape index (κ2) is 6.79. The van der Waals surface area contributed by atoms with Crippen molar-refractivity contribution in [3.63, 3.8) is 0 Å². The maximum Gasteiger partial charge on any atom is 0.285 e. The molecule has 7 nitrogen and oxygen atoms in total. The molecule has 0 bridgehead atoms. The van der Waals surface area contributed by atoms with E-state index in [1.807, 2.05) is 36.4 Å². The highest BCUT2D eigenvalue weighted by atomic mass is 32.2. The highest BCUT2D eigenvalue weighted by Crippen LogP contribution is 2.37. The first-order valence-corrected chi connectivity index (χ1v) is 10.9. The van der Waals surface area contributed by atoms with Crippen LogP contribution in [-0.2, 0) is 16.4 Å². The lowest BCUT2D eigenvalue weighted by Crippen LogP contribution is -2.42. The lowest BCUT2D eigenvalue weighted by molar-refractivity contribution is 0.0938. The lowest BCUT2D eigenvalue weighted by Gasteiger charge is -2.10. The summed E-state index contributed by atoms with van der Waals surface area (Å²) in [7, 11) is -3.93. The normalized spacial score (nSPS) is 12.6. The van der Waals surface area contributed by atoms with Crippen molar-refractivity contribution in [2.75, 3.05) is 0 Å². The standard InChI is InChI=1S/C22H18N4O3S/c1-14-21(26-11-5-4-8-20(26)23-14)22(27)24-25-30(28,29)17-9-10-19-16(13-17)12-15-6-2-3-7-18(15)19/h2-11,13,25H,12H2,1H3,(H,24,27). The third-order valence-electron chi connectivity index (χ3n) is 5.29. The van der Waals surface area contributed by atoms with Crippen molar-refractivity contribution in [2.24, 2.45) is 0 Å². The van der Waals surface area contributed by atoms with E-state index >= 15 is 0 Å². The average molecular weight is 418 g/mol. The smallest absolute Gasteiger partial charge is 0.285 e. The lowest BCUT2D eigenvalue weighted by atomic mass is 10.1. The van der Waals surface area contributed by atoms with E-state index in [9.17, 15) is 13.2 Å². The molecule has 0 saturated heterocycles. The fourth-order valence-electron chi connectivity index (χ4n) is 3.91. The molecule has 1 aliphatic carbocycles. The Morgan fingerprint density at radius 1 is 1.00 bits per heavy atom. The third-order valence-corrected chi connectivity index (χ3v) is 6.54. The zero-order chi connectivity index (χ0) is 20.9. The number of hydrazine groups is 1. The molecule has 0 saturated carbocycles. The Labute approximate surface area is 173 Å². The van der Waals surface area contributed by atoms with Crippen molar-refractivity contribution in [1.29, 1.82) is 0 Å². The van der Waals surface area contributed by atoms with Crippen LogP contribution < -0.4 is 10.3 Å². The summed E-state index contributed by atoms with van der Waals surface area (Å²) >= 11 is 0. The number of pyridine rings is 1. The van der Waals surface area contributed by atoms with Crippen molar-refractivity contribution in [2.45, 2.75) is 18.2 Å². The fraction of sp³-hybridized carbons (Fsp3) is 0.0909. The Morgan fingerprint density at radius 2 is 1.77 bits per heavy atom. The van der Waals surface area contributed by atoms with Gasteiger partial charge in [-0.15, -0.1) is 4.83 Å². The van der Waals surface area contributed by atoms with Crippen LogP contribution in [0.2, 0.25) is 0 Å². The van der Waals surface area contributed by atoms with Gasteiger partial charge >= 0.3 is 0 Å². The summed E-state index contributed by atoms with van der Waals surface area (Å²) in [5.41, 5.74) is 7.98. The molecular formula is C22H18N4O3S. The van der Waals surface area contributed by atoms with Crippen LogP contribution in [0.25, 0.3) is 16.8 Å². The molecule has 2 N–H and O–H groups in total. The van der Waals surface area contributed by atoms with Gasteiger partial charge in [0.15, 0.2) is 0 Å². The Balaban J connectivity index is 1.38. The molecule has 2 aromatic carbocycles. The third kappa shape index (κ3) is 2.97. The number of hydrogen-bond donors (Lipinski definition) is 2. The van der Waals surface area contributed by atoms with Gasteiger partial charge in [0.25, 0.3) is 15.9 Å². The molecule has 0 atom stereocenters. The predicted octanol–water partition coefficient (Wildman–Crippen LogP) is 2.84. The molecule has 1 aliphatic rings. The summed E-state index contributed by atoms with van der Waals surface area (Å²) in [6.45, 7) is 1.70. The van der Waals surface area contributed by atoms with Gasteiger partial charge in [0, 0.05) is 6.20 Å². The maximum absolute atomic E-state index is 12.8. The molecule has 2 heterocycles. The molecule has 30 heavy (non-hydrogen) atoms. The summed E-state index contributed by atoms with van der Waals surface area (Å²) in [6, 6.07) is 18.4. The topological polar surface area (TPSA) is 92.6 Å². The van der Waals surface area contributed by atoms with Crippen molar-refractivity contribution < 1.29 is 13.2 Å². The van der Waals surface area contributed by atoms with E-state index in [2.05, 4.69) is 15.2 Å². The van der Waals surface area contributed by atoms with E-state index in [0.29, 0.717) is 17.8 Å². The highest BCUT2D eigenvalue weighted by molar-refractivity contribution is 7.89. The van der Waals surface area contributed by atoms with E-state index < -0.39 is 15.9 Å². The maximum atomic E-state index is 12.8. The van der Waals surface area contributed by atoms with Crippen molar-refractivity contribution in [3.8, 4) is 11.1 Å². The van der Waals surface area contributed by atoms with Gasteiger partial charge in [-0.25, -0.2) is 13.4 Å². The highest BCUT2D eigenvalue weighted by Gasteiger charge is 2.23. The van der Waals surface area contributed by atoms with Gasteiger partial charge in [-0.1, -0.05) is 36.4 Å². The molecule has 0 aliphatic heterocycles. The van der Waals surface area contributed by atoms with Crippen LogP contribution in [-0.4, -0.2) is 23.7 Å². The second-order valence-electron chi connectivity index (χ2n) is 7.19. The number of carbonyl (C=O) groups is 1. The summed E-state index contributed by atoms with van der Waals surface area (Å²) in [4.78, 5) is 19.3. The minimum Gasteiger partial charge on any atom is -0.295 e. The van der Waals surface area contributed by atoms with Crippen LogP contribution in [0.3, 0.4) is 0 Å². The van der Waals surface area contributed by atoms with E-state index in [1.165, 1.54) is 5.56 Å². The van der Waals surface area contributed by atoms with Crippen LogP contribution >= 0.6 is 0 Å². The Hall–Kier alpha value is -3.49. The number of aromatic nitrogens is 2. The number of sulfonamides is 1. The van der Waals surface area contributed by atoms with E-state index in [-0.39, 0.29) is 10.6 Å². The largest absolute Gasteiger partial charge is 0.295 e. The second-order valence-corrected chi connectivity index (χ2v) is 8.87. The Morgan fingerprint density at radius 3 is 2.63 bits per heavy atom. The van der Waals surface area contributed by atoms with Crippen LogP contribution in [0.1, 0.15) is 27.3 Å². The van der Waals surface area contributed by atoms with Gasteiger partial charge in [-0.05, 0) is 59.9 Å². The zero-order valence-electron chi connectivity index (χ0n) is 16.1. The number of aryl methyl sites for hydroxylation is 1. The SMILES string of the molecule is Cc1nc2ccccn2c1C(=O)NNS(=O)(=O)c1ccc2c(c1)Cc1ccccc1-2. The summed E-state index contributed by atoms with van der Waals surface area (Å²) in [6.07, 6.45) is 2.39. The van der Waals surface area contributed by atoms with Crippen LogP contribution in [0.5, 0.6) is 0 Å². The first kappa shape index (κ1) is 18.5. The molecule has 8 heteroatoms.